The highest BCUT2D eigenvalue weighted by Crippen LogP contribution is 2.27. The number of rotatable bonds is 5. The van der Waals surface area contributed by atoms with Crippen molar-refractivity contribution in [3.8, 4) is 0 Å². The Morgan fingerprint density at radius 2 is 1.80 bits per heavy atom. The van der Waals surface area contributed by atoms with Gasteiger partial charge in [0.2, 0.25) is 0 Å². The summed E-state index contributed by atoms with van der Waals surface area (Å²) in [5.74, 6) is -4.69. The van der Waals surface area contributed by atoms with Crippen LogP contribution < -0.4 is 10.0 Å². The molecule has 0 bridgehead atoms. The van der Waals surface area contributed by atoms with E-state index in [1.54, 1.807) is 11.4 Å². The maximum Gasteiger partial charge on any atom is 0.263 e. The molecule has 158 valence electrons. The first kappa shape index (κ1) is 20.4. The molecular formula is C19H16F3N3O3S2. The lowest BCUT2D eigenvalue weighted by atomic mass is 10.1. The fourth-order valence-corrected chi connectivity index (χ4v) is 5.17. The standard InChI is InChI=1S/C19H14F3N3O3S2.H2/c20-12-8-15(21)17(16(22)9-12)18(26)24-13-5-10-1-2-14(7-11(10)6-13)30(27,28)25-19-23-3-4-29-19;/h1-4,7-9,13H,5-6H2,(H,23,25)(H,24,26);1H. The van der Waals surface area contributed by atoms with Crippen LogP contribution in [0.4, 0.5) is 18.3 Å². The Morgan fingerprint density at radius 1 is 1.10 bits per heavy atom. The second kappa shape index (κ2) is 7.73. The van der Waals surface area contributed by atoms with Gasteiger partial charge in [-0.15, -0.1) is 11.3 Å². The number of nitrogens with one attached hydrogen (secondary N) is 2. The summed E-state index contributed by atoms with van der Waals surface area (Å²) in [6.45, 7) is 0. The van der Waals surface area contributed by atoms with Crippen molar-refractivity contribution in [3.05, 3.63) is 76.1 Å². The van der Waals surface area contributed by atoms with Gasteiger partial charge in [0.05, 0.1) is 4.90 Å². The van der Waals surface area contributed by atoms with Gasteiger partial charge in [-0.3, -0.25) is 9.52 Å². The minimum Gasteiger partial charge on any atom is -0.348 e. The Hall–Kier alpha value is -2.92. The van der Waals surface area contributed by atoms with Crippen LogP contribution in [-0.4, -0.2) is 25.4 Å². The van der Waals surface area contributed by atoms with E-state index in [4.69, 9.17) is 0 Å². The molecule has 1 heterocycles. The molecule has 0 saturated carbocycles. The van der Waals surface area contributed by atoms with Crippen LogP contribution in [0.1, 0.15) is 22.9 Å². The Labute approximate surface area is 175 Å². The van der Waals surface area contributed by atoms with E-state index in [9.17, 15) is 26.4 Å². The van der Waals surface area contributed by atoms with Gasteiger partial charge in [0.25, 0.3) is 15.9 Å². The zero-order valence-electron chi connectivity index (χ0n) is 15.2. The third kappa shape index (κ3) is 4.03. The zero-order chi connectivity index (χ0) is 21.5. The van der Waals surface area contributed by atoms with Gasteiger partial charge in [0.1, 0.15) is 23.0 Å². The first-order valence-electron chi connectivity index (χ1n) is 8.72. The molecule has 2 aromatic carbocycles. The Balaban J connectivity index is 0.00000272. The summed E-state index contributed by atoms with van der Waals surface area (Å²) in [5, 5.41) is 4.40. The molecule has 0 spiro atoms. The summed E-state index contributed by atoms with van der Waals surface area (Å²) in [7, 11) is -3.83. The number of halogens is 3. The first-order chi connectivity index (χ1) is 14.2. The number of aromatic nitrogens is 1. The Morgan fingerprint density at radius 3 is 2.47 bits per heavy atom. The topological polar surface area (TPSA) is 88.2 Å². The minimum absolute atomic E-state index is 0. The lowest BCUT2D eigenvalue weighted by Crippen LogP contribution is -2.36. The molecule has 1 aromatic heterocycles. The molecule has 1 amide bonds. The molecular weight excluding hydrogens is 439 g/mol. The van der Waals surface area contributed by atoms with E-state index in [0.29, 0.717) is 24.1 Å². The van der Waals surface area contributed by atoms with Crippen molar-refractivity contribution >= 4 is 32.4 Å². The highest BCUT2D eigenvalue weighted by Gasteiger charge is 2.28. The third-order valence-corrected chi connectivity index (χ3v) is 6.80. The van der Waals surface area contributed by atoms with Gasteiger partial charge in [0, 0.05) is 31.2 Å². The summed E-state index contributed by atoms with van der Waals surface area (Å²) in [5.41, 5.74) is 0.652. The first-order valence-corrected chi connectivity index (χ1v) is 11.1. The fraction of sp³-hybridized carbons (Fsp3) is 0.158. The van der Waals surface area contributed by atoms with E-state index < -0.39 is 45.0 Å². The summed E-state index contributed by atoms with van der Waals surface area (Å²) in [6.07, 6.45) is 2.13. The molecule has 1 aliphatic carbocycles. The van der Waals surface area contributed by atoms with E-state index in [-0.39, 0.29) is 17.9 Å². The van der Waals surface area contributed by atoms with Gasteiger partial charge >= 0.3 is 0 Å². The second-order valence-electron chi connectivity index (χ2n) is 6.70. The van der Waals surface area contributed by atoms with Gasteiger partial charge in [-0.1, -0.05) is 6.07 Å². The van der Waals surface area contributed by atoms with Crippen LogP contribution in [0.5, 0.6) is 0 Å². The monoisotopic (exact) mass is 455 g/mol. The SMILES string of the molecule is O=C(NC1Cc2ccc(S(=O)(=O)Nc3nccs3)cc2C1)c1c(F)cc(F)cc1F.[HH]. The second-order valence-corrected chi connectivity index (χ2v) is 9.27. The van der Waals surface area contributed by atoms with E-state index in [2.05, 4.69) is 15.0 Å². The molecule has 4 rings (SSSR count). The largest absolute Gasteiger partial charge is 0.348 e. The maximum absolute atomic E-state index is 13.8. The van der Waals surface area contributed by atoms with Crippen LogP contribution in [0.2, 0.25) is 0 Å². The predicted molar refractivity (Wildman–Crippen MR) is 106 cm³/mol. The van der Waals surface area contributed by atoms with Crippen molar-refractivity contribution < 1.29 is 27.8 Å². The highest BCUT2D eigenvalue weighted by atomic mass is 32.2. The molecule has 1 unspecified atom stereocenters. The number of amides is 1. The van der Waals surface area contributed by atoms with Crippen LogP contribution >= 0.6 is 11.3 Å². The summed E-state index contributed by atoms with van der Waals surface area (Å²) >= 11 is 1.14. The third-order valence-electron chi connectivity index (χ3n) is 4.64. The number of anilines is 1. The molecule has 0 saturated heterocycles. The molecule has 30 heavy (non-hydrogen) atoms. The van der Waals surface area contributed by atoms with Gasteiger partial charge in [-0.05, 0) is 36.1 Å². The summed E-state index contributed by atoms with van der Waals surface area (Å²) in [6, 6.07) is 4.97. The van der Waals surface area contributed by atoms with Gasteiger partial charge in [-0.25, -0.2) is 26.6 Å². The average molecular weight is 455 g/mol. The molecule has 1 aliphatic rings. The number of thiazole rings is 1. The summed E-state index contributed by atoms with van der Waals surface area (Å²) in [4.78, 5) is 16.2. The Kier molecular flexibility index (Phi) is 5.24. The van der Waals surface area contributed by atoms with Gasteiger partial charge in [0.15, 0.2) is 5.13 Å². The number of carbonyl (C=O) groups excluding carboxylic acids is 1. The predicted octanol–water partition coefficient (Wildman–Crippen LogP) is 3.50. The average Bonchev–Trinajstić information content (AvgIpc) is 3.28. The number of carbonyl (C=O) groups is 1. The van der Waals surface area contributed by atoms with Crippen molar-refractivity contribution in [1.82, 2.24) is 10.3 Å². The van der Waals surface area contributed by atoms with E-state index in [1.807, 2.05) is 0 Å². The number of benzene rings is 2. The zero-order valence-corrected chi connectivity index (χ0v) is 16.8. The van der Waals surface area contributed by atoms with Crippen LogP contribution in [-0.2, 0) is 22.9 Å². The van der Waals surface area contributed by atoms with Crippen molar-refractivity contribution in [3.63, 3.8) is 0 Å². The van der Waals surface area contributed by atoms with Crippen LogP contribution in [0, 0.1) is 17.5 Å². The molecule has 0 radical (unpaired) electrons. The van der Waals surface area contributed by atoms with E-state index in [1.165, 1.54) is 18.3 Å². The molecule has 11 heteroatoms. The smallest absolute Gasteiger partial charge is 0.263 e. The number of nitrogens with zero attached hydrogens (tertiary/aromatic N) is 1. The lowest BCUT2D eigenvalue weighted by molar-refractivity contribution is 0.0930. The van der Waals surface area contributed by atoms with Crippen LogP contribution in [0.15, 0.2) is 46.8 Å². The number of sulfonamides is 1. The number of hydrogen-bond acceptors (Lipinski definition) is 5. The van der Waals surface area contributed by atoms with Crippen LogP contribution in [0.25, 0.3) is 0 Å². The van der Waals surface area contributed by atoms with Crippen molar-refractivity contribution in [2.24, 2.45) is 0 Å². The Bertz CT molecular complexity index is 1210. The minimum atomic E-state index is -3.83. The fourth-order valence-electron chi connectivity index (χ4n) is 3.33. The molecule has 2 N–H and O–H groups in total. The highest BCUT2D eigenvalue weighted by molar-refractivity contribution is 7.93. The molecule has 1 atom stereocenters. The van der Waals surface area contributed by atoms with Crippen LogP contribution in [0.3, 0.4) is 0 Å². The molecule has 6 nitrogen and oxygen atoms in total. The van der Waals surface area contributed by atoms with Crippen molar-refractivity contribution in [2.45, 2.75) is 23.8 Å². The normalized spacial score (nSPS) is 15.6. The molecule has 3 aromatic rings. The quantitative estimate of drug-likeness (QED) is 0.616. The number of hydrogen-bond donors (Lipinski definition) is 2. The molecule has 0 aliphatic heterocycles. The van der Waals surface area contributed by atoms with E-state index >= 15 is 0 Å². The maximum atomic E-state index is 13.8. The number of fused-ring (bicyclic) bond motifs is 1. The van der Waals surface area contributed by atoms with Crippen molar-refractivity contribution in [1.29, 1.82) is 0 Å². The molecule has 0 fully saturated rings. The summed E-state index contributed by atoms with van der Waals surface area (Å²) < 4.78 is 68.1. The van der Waals surface area contributed by atoms with Gasteiger partial charge in [-0.2, -0.15) is 0 Å². The van der Waals surface area contributed by atoms with Crippen molar-refractivity contribution in [2.75, 3.05) is 4.72 Å². The van der Waals surface area contributed by atoms with Gasteiger partial charge < -0.3 is 5.32 Å². The lowest BCUT2D eigenvalue weighted by Gasteiger charge is -2.13. The van der Waals surface area contributed by atoms with E-state index in [0.717, 1.165) is 16.9 Å².